The quantitative estimate of drug-likeness (QED) is 0.519. The zero-order chi connectivity index (χ0) is 21.0. The van der Waals surface area contributed by atoms with Crippen LogP contribution in [0.4, 0.5) is 9.80 Å². The van der Waals surface area contributed by atoms with Gasteiger partial charge in [-0.2, -0.15) is 0 Å². The summed E-state index contributed by atoms with van der Waals surface area (Å²) in [5.41, 5.74) is 5.58. The number of hydrogen-bond acceptors (Lipinski definition) is 7. The van der Waals surface area contributed by atoms with Crippen LogP contribution >= 0.6 is 11.3 Å². The number of anilines is 1. The highest BCUT2D eigenvalue weighted by atomic mass is 32.1. The van der Waals surface area contributed by atoms with Gasteiger partial charge in [0.2, 0.25) is 0 Å². The van der Waals surface area contributed by atoms with Crippen molar-refractivity contribution in [2.75, 3.05) is 11.9 Å². The number of thiophene rings is 1. The summed E-state index contributed by atoms with van der Waals surface area (Å²) >= 11 is 1.26. The van der Waals surface area contributed by atoms with Crippen molar-refractivity contribution in [1.29, 1.82) is 0 Å². The van der Waals surface area contributed by atoms with Gasteiger partial charge in [-0.3, -0.25) is 20.5 Å². The maximum Gasteiger partial charge on any atom is 0.341 e. The summed E-state index contributed by atoms with van der Waals surface area (Å²) in [6, 6.07) is 2.49. The van der Waals surface area contributed by atoms with Crippen molar-refractivity contribution in [3.05, 3.63) is 46.1 Å². The van der Waals surface area contributed by atoms with Gasteiger partial charge in [-0.1, -0.05) is 0 Å². The number of urea groups is 1. The molecule has 0 aliphatic carbocycles. The summed E-state index contributed by atoms with van der Waals surface area (Å²) in [5.74, 6) is -1.02. The van der Waals surface area contributed by atoms with E-state index in [9.17, 15) is 14.4 Å². The first kappa shape index (κ1) is 20.7. The summed E-state index contributed by atoms with van der Waals surface area (Å²) < 4.78 is 11.0. The van der Waals surface area contributed by atoms with Gasteiger partial charge in [0.1, 0.15) is 5.00 Å². The van der Waals surface area contributed by atoms with Crippen molar-refractivity contribution < 1.29 is 23.9 Å². The molecule has 2 aromatic heterocycles. The smallest absolute Gasteiger partial charge is 0.341 e. The van der Waals surface area contributed by atoms with Crippen molar-refractivity contribution >= 4 is 34.2 Å². The number of carbonyl (C=O) groups is 3. The maximum absolute atomic E-state index is 12.5. The number of esters is 1. The van der Waals surface area contributed by atoms with Gasteiger partial charge < -0.3 is 9.47 Å². The number of hydrazine groups is 1. The van der Waals surface area contributed by atoms with Crippen molar-refractivity contribution in [2.24, 2.45) is 0 Å². The lowest BCUT2D eigenvalue weighted by Gasteiger charge is -2.30. The summed E-state index contributed by atoms with van der Waals surface area (Å²) in [6.07, 6.45) is 3.44. The highest BCUT2D eigenvalue weighted by Crippen LogP contribution is 2.40. The van der Waals surface area contributed by atoms with Gasteiger partial charge >= 0.3 is 12.0 Å². The van der Waals surface area contributed by atoms with E-state index in [0.29, 0.717) is 29.2 Å². The van der Waals surface area contributed by atoms with Crippen LogP contribution in [-0.4, -0.2) is 35.1 Å². The Bertz CT molecular complexity index is 926. The standard InChI is InChI=1S/C19H22N4O5S/c1-4-27-17(25)14-12-8-19(2,3)28-10-13(12)29-16(14)21-18(26)23-22-15(24)11-6-5-7-20-9-11/h5-7,9H,4,8,10H2,1-3H3,(H,22,24)(H2,21,23,26). The molecule has 1 aliphatic rings. The third-order valence-corrected chi connectivity index (χ3v) is 5.33. The first-order valence-corrected chi connectivity index (χ1v) is 9.85. The molecule has 3 N–H and O–H groups in total. The van der Waals surface area contributed by atoms with E-state index in [1.807, 2.05) is 13.8 Å². The minimum absolute atomic E-state index is 0.218. The summed E-state index contributed by atoms with van der Waals surface area (Å²) in [4.78, 5) is 41.6. The fraction of sp³-hybridized carbons (Fsp3) is 0.368. The number of ether oxygens (including phenoxy) is 2. The molecule has 3 amide bonds. The van der Waals surface area contributed by atoms with Crippen LogP contribution in [0.1, 0.15) is 51.9 Å². The minimum atomic E-state index is -0.688. The van der Waals surface area contributed by atoms with Gasteiger partial charge in [-0.05, 0) is 38.5 Å². The van der Waals surface area contributed by atoms with Gasteiger partial charge in [0, 0.05) is 23.7 Å². The number of fused-ring (bicyclic) bond motifs is 1. The van der Waals surface area contributed by atoms with E-state index >= 15 is 0 Å². The van der Waals surface area contributed by atoms with Gasteiger partial charge in [0.25, 0.3) is 5.91 Å². The Kier molecular flexibility index (Phi) is 6.14. The third-order valence-electron chi connectivity index (χ3n) is 4.21. The molecule has 0 atom stereocenters. The molecule has 2 aromatic rings. The van der Waals surface area contributed by atoms with Crippen LogP contribution in [0.15, 0.2) is 24.5 Å². The molecule has 1 aliphatic heterocycles. The summed E-state index contributed by atoms with van der Waals surface area (Å²) in [5, 5.41) is 2.97. The summed E-state index contributed by atoms with van der Waals surface area (Å²) in [6.45, 7) is 6.17. The molecule has 0 radical (unpaired) electrons. The largest absolute Gasteiger partial charge is 0.462 e. The number of pyridine rings is 1. The molecular weight excluding hydrogens is 396 g/mol. The molecule has 10 heteroatoms. The van der Waals surface area contributed by atoms with Crippen LogP contribution in [0.5, 0.6) is 0 Å². The lowest BCUT2D eigenvalue weighted by atomic mass is 9.93. The molecule has 0 spiro atoms. The number of hydrogen-bond donors (Lipinski definition) is 3. The normalized spacial score (nSPS) is 14.4. The van der Waals surface area contributed by atoms with Crippen molar-refractivity contribution in [1.82, 2.24) is 15.8 Å². The molecule has 0 unspecified atom stereocenters. The zero-order valence-corrected chi connectivity index (χ0v) is 17.1. The highest BCUT2D eigenvalue weighted by Gasteiger charge is 2.34. The van der Waals surface area contributed by atoms with Crippen molar-refractivity contribution in [3.63, 3.8) is 0 Å². The van der Waals surface area contributed by atoms with E-state index in [1.54, 1.807) is 19.1 Å². The fourth-order valence-electron chi connectivity index (χ4n) is 2.88. The van der Waals surface area contributed by atoms with Crippen molar-refractivity contribution in [2.45, 2.75) is 39.4 Å². The number of rotatable bonds is 4. The Hall–Kier alpha value is -2.98. The molecule has 3 rings (SSSR count). The maximum atomic E-state index is 12.5. The molecule has 154 valence electrons. The van der Waals surface area contributed by atoms with Crippen LogP contribution < -0.4 is 16.2 Å². The lowest BCUT2D eigenvalue weighted by molar-refractivity contribution is -0.0384. The predicted molar refractivity (Wildman–Crippen MR) is 107 cm³/mol. The van der Waals surface area contributed by atoms with E-state index in [1.165, 1.54) is 23.7 Å². The second-order valence-electron chi connectivity index (χ2n) is 6.93. The molecule has 0 aromatic carbocycles. The highest BCUT2D eigenvalue weighted by molar-refractivity contribution is 7.17. The van der Waals surface area contributed by atoms with Gasteiger partial charge in [-0.15, -0.1) is 11.3 Å². The number of nitrogens with zero attached hydrogens (tertiary/aromatic N) is 1. The molecule has 3 heterocycles. The van der Waals surface area contributed by atoms with E-state index in [0.717, 1.165) is 10.4 Å². The predicted octanol–water partition coefficient (Wildman–Crippen LogP) is 2.64. The molecule has 0 saturated carbocycles. The number of nitrogens with one attached hydrogen (secondary N) is 3. The Balaban J connectivity index is 1.74. The van der Waals surface area contributed by atoms with Crippen LogP contribution in [0.3, 0.4) is 0 Å². The van der Waals surface area contributed by atoms with Crippen LogP contribution in [0.25, 0.3) is 0 Å². The average Bonchev–Trinajstić information content (AvgIpc) is 3.02. The van der Waals surface area contributed by atoms with E-state index in [4.69, 9.17) is 9.47 Å². The Morgan fingerprint density at radius 3 is 2.79 bits per heavy atom. The molecule has 0 fully saturated rings. The van der Waals surface area contributed by atoms with Crippen LogP contribution in [-0.2, 0) is 22.5 Å². The summed E-state index contributed by atoms with van der Waals surface area (Å²) in [7, 11) is 0. The third kappa shape index (κ3) is 4.90. The van der Waals surface area contributed by atoms with E-state index < -0.39 is 23.5 Å². The monoisotopic (exact) mass is 418 g/mol. The van der Waals surface area contributed by atoms with Gasteiger partial charge in [0.15, 0.2) is 0 Å². The number of carbonyl (C=O) groups excluding carboxylic acids is 3. The first-order valence-electron chi connectivity index (χ1n) is 9.03. The Morgan fingerprint density at radius 1 is 1.31 bits per heavy atom. The topological polar surface area (TPSA) is 119 Å². The second kappa shape index (κ2) is 8.58. The molecule has 0 saturated heterocycles. The fourth-order valence-corrected chi connectivity index (χ4v) is 3.99. The molecule has 0 bridgehead atoms. The lowest BCUT2D eigenvalue weighted by Crippen LogP contribution is -2.44. The first-order chi connectivity index (χ1) is 13.8. The van der Waals surface area contributed by atoms with Crippen molar-refractivity contribution in [3.8, 4) is 0 Å². The molecule has 9 nitrogen and oxygen atoms in total. The van der Waals surface area contributed by atoms with Crippen LogP contribution in [0, 0.1) is 0 Å². The minimum Gasteiger partial charge on any atom is -0.462 e. The Labute approximate surface area is 171 Å². The average molecular weight is 418 g/mol. The SMILES string of the molecule is CCOC(=O)c1c(NC(=O)NNC(=O)c2cccnc2)sc2c1CC(C)(C)OC2. The molecular formula is C19H22N4O5S. The van der Waals surface area contributed by atoms with Crippen LogP contribution in [0.2, 0.25) is 0 Å². The molecule has 29 heavy (non-hydrogen) atoms. The Morgan fingerprint density at radius 2 is 2.10 bits per heavy atom. The van der Waals surface area contributed by atoms with Gasteiger partial charge in [-0.25, -0.2) is 15.0 Å². The zero-order valence-electron chi connectivity index (χ0n) is 16.3. The van der Waals surface area contributed by atoms with E-state index in [-0.39, 0.29) is 6.61 Å². The number of amides is 3. The number of aromatic nitrogens is 1. The van der Waals surface area contributed by atoms with Gasteiger partial charge in [0.05, 0.1) is 29.9 Å². The van der Waals surface area contributed by atoms with E-state index in [2.05, 4.69) is 21.2 Å². The second-order valence-corrected chi connectivity index (χ2v) is 8.03.